The van der Waals surface area contributed by atoms with E-state index in [1.165, 1.54) is 17.8 Å². The predicted octanol–water partition coefficient (Wildman–Crippen LogP) is 6.14. The first-order chi connectivity index (χ1) is 13.0. The highest BCUT2D eigenvalue weighted by molar-refractivity contribution is 7.17. The average Bonchev–Trinajstić information content (AvgIpc) is 2.91. The normalized spacial score (nSPS) is 14.0. The third kappa shape index (κ3) is 4.48. The minimum Gasteiger partial charge on any atom is -0.462 e. The molecule has 0 spiro atoms. The number of halogens is 2. The lowest BCUT2D eigenvalue weighted by Crippen LogP contribution is -2.16. The molecule has 1 N–H and O–H groups in total. The molecule has 7 heteroatoms. The van der Waals surface area contributed by atoms with Crippen molar-refractivity contribution in [1.29, 1.82) is 0 Å². The monoisotopic (exact) mass is 425 g/mol. The van der Waals surface area contributed by atoms with E-state index in [1.807, 2.05) is 0 Å². The van der Waals surface area contributed by atoms with E-state index >= 15 is 0 Å². The number of carbonyl (C=O) groups is 2. The van der Waals surface area contributed by atoms with Crippen LogP contribution in [0, 0.1) is 0 Å². The Morgan fingerprint density at radius 1 is 1.07 bits per heavy atom. The van der Waals surface area contributed by atoms with Crippen molar-refractivity contribution in [1.82, 2.24) is 0 Å². The fraction of sp³-hybridized carbons (Fsp3) is 0.400. The van der Waals surface area contributed by atoms with E-state index in [9.17, 15) is 9.59 Å². The second-order valence-electron chi connectivity index (χ2n) is 6.39. The summed E-state index contributed by atoms with van der Waals surface area (Å²) in [6.07, 6.45) is 6.18. The molecule has 1 aromatic heterocycles. The van der Waals surface area contributed by atoms with Crippen LogP contribution in [0.15, 0.2) is 18.2 Å². The van der Waals surface area contributed by atoms with Crippen LogP contribution in [0.2, 0.25) is 10.0 Å². The second-order valence-corrected chi connectivity index (χ2v) is 8.31. The summed E-state index contributed by atoms with van der Waals surface area (Å²) < 4.78 is 5.26. The van der Waals surface area contributed by atoms with Gasteiger partial charge >= 0.3 is 5.97 Å². The summed E-state index contributed by atoms with van der Waals surface area (Å²) >= 11 is 13.8. The molecule has 0 saturated heterocycles. The molecule has 0 saturated carbocycles. The van der Waals surface area contributed by atoms with Gasteiger partial charge in [0.15, 0.2) is 0 Å². The van der Waals surface area contributed by atoms with Crippen molar-refractivity contribution < 1.29 is 14.3 Å². The standard InChI is InChI=1S/C20H21Cl2NO3S/c1-2-26-20(25)16-12-8-5-3-4-6-11-15(12)27-19(16)23-18(24)17-13(21)9-7-10-14(17)22/h7,9-10H,2-6,8,11H2,1H3,(H,23,24). The van der Waals surface area contributed by atoms with Crippen LogP contribution in [-0.2, 0) is 17.6 Å². The van der Waals surface area contributed by atoms with Crippen molar-refractivity contribution in [3.05, 3.63) is 49.8 Å². The Labute approximate surface area is 172 Å². The number of esters is 1. The van der Waals surface area contributed by atoms with E-state index in [0.717, 1.165) is 42.5 Å². The Balaban J connectivity index is 2.00. The number of hydrogen-bond donors (Lipinski definition) is 1. The topological polar surface area (TPSA) is 55.4 Å². The molecule has 1 aliphatic rings. The van der Waals surface area contributed by atoms with E-state index in [2.05, 4.69) is 5.32 Å². The zero-order valence-electron chi connectivity index (χ0n) is 15.1. The molecule has 1 aromatic carbocycles. The number of anilines is 1. The number of benzene rings is 1. The highest BCUT2D eigenvalue weighted by atomic mass is 35.5. The maximum atomic E-state index is 12.8. The maximum absolute atomic E-state index is 12.8. The van der Waals surface area contributed by atoms with Crippen molar-refractivity contribution in [2.45, 2.75) is 45.4 Å². The summed E-state index contributed by atoms with van der Waals surface area (Å²) in [6.45, 7) is 2.06. The third-order valence-corrected chi connectivity index (χ3v) is 6.40. The lowest BCUT2D eigenvalue weighted by atomic mass is 9.96. The smallest absolute Gasteiger partial charge is 0.341 e. The van der Waals surface area contributed by atoms with Gasteiger partial charge in [0, 0.05) is 4.88 Å². The highest BCUT2D eigenvalue weighted by Gasteiger charge is 2.27. The van der Waals surface area contributed by atoms with E-state index in [0.29, 0.717) is 10.6 Å². The van der Waals surface area contributed by atoms with Crippen molar-refractivity contribution in [2.75, 3.05) is 11.9 Å². The van der Waals surface area contributed by atoms with E-state index in [-0.39, 0.29) is 22.2 Å². The van der Waals surface area contributed by atoms with Crippen LogP contribution in [0.25, 0.3) is 0 Å². The van der Waals surface area contributed by atoms with Gasteiger partial charge in [-0.1, -0.05) is 42.1 Å². The van der Waals surface area contributed by atoms with Gasteiger partial charge in [0.2, 0.25) is 0 Å². The fourth-order valence-electron chi connectivity index (χ4n) is 3.31. The van der Waals surface area contributed by atoms with Gasteiger partial charge in [0.05, 0.1) is 27.8 Å². The molecule has 27 heavy (non-hydrogen) atoms. The van der Waals surface area contributed by atoms with Crippen molar-refractivity contribution >= 4 is 51.4 Å². The van der Waals surface area contributed by atoms with Crippen LogP contribution in [0.1, 0.15) is 63.8 Å². The second kappa shape index (κ2) is 9.09. The number of thiophene rings is 1. The molecule has 0 fully saturated rings. The lowest BCUT2D eigenvalue weighted by molar-refractivity contribution is 0.0526. The first-order valence-corrected chi connectivity index (χ1v) is 10.7. The van der Waals surface area contributed by atoms with Crippen LogP contribution in [0.4, 0.5) is 5.00 Å². The third-order valence-electron chi connectivity index (χ3n) is 4.57. The van der Waals surface area contributed by atoms with Crippen LogP contribution in [0.3, 0.4) is 0 Å². The zero-order valence-corrected chi connectivity index (χ0v) is 17.4. The van der Waals surface area contributed by atoms with Crippen molar-refractivity contribution in [3.63, 3.8) is 0 Å². The Morgan fingerprint density at radius 3 is 2.41 bits per heavy atom. The molecule has 0 bridgehead atoms. The highest BCUT2D eigenvalue weighted by Crippen LogP contribution is 2.38. The summed E-state index contributed by atoms with van der Waals surface area (Å²) in [5.74, 6) is -0.818. The Morgan fingerprint density at radius 2 is 1.74 bits per heavy atom. The fourth-order valence-corrected chi connectivity index (χ4v) is 5.15. The van der Waals surface area contributed by atoms with Crippen LogP contribution in [-0.4, -0.2) is 18.5 Å². The molecule has 1 amide bonds. The molecule has 1 aliphatic carbocycles. The van der Waals surface area contributed by atoms with E-state index in [4.69, 9.17) is 27.9 Å². The summed E-state index contributed by atoms with van der Waals surface area (Å²) in [4.78, 5) is 26.6. The van der Waals surface area contributed by atoms with Gasteiger partial charge in [-0.05, 0) is 50.3 Å². The first kappa shape index (κ1) is 20.2. The number of ether oxygens (including phenoxy) is 1. The number of hydrogen-bond acceptors (Lipinski definition) is 4. The lowest BCUT2D eigenvalue weighted by Gasteiger charge is -2.12. The molecule has 4 nitrogen and oxygen atoms in total. The minimum absolute atomic E-state index is 0.205. The van der Waals surface area contributed by atoms with Crippen molar-refractivity contribution in [3.8, 4) is 0 Å². The van der Waals surface area contributed by atoms with Crippen LogP contribution in [0.5, 0.6) is 0 Å². The van der Waals surface area contributed by atoms with Crippen molar-refractivity contribution in [2.24, 2.45) is 0 Å². The summed E-state index contributed by atoms with van der Waals surface area (Å²) in [5, 5.41) is 3.91. The predicted molar refractivity (Wildman–Crippen MR) is 111 cm³/mol. The zero-order chi connectivity index (χ0) is 19.4. The summed E-state index contributed by atoms with van der Waals surface area (Å²) in [5.41, 5.74) is 1.70. The minimum atomic E-state index is -0.426. The molecule has 0 radical (unpaired) electrons. The SMILES string of the molecule is CCOC(=O)c1c(NC(=O)c2c(Cl)cccc2Cl)sc2c1CCCCCC2. The van der Waals surface area contributed by atoms with Gasteiger partial charge in [-0.3, -0.25) is 4.79 Å². The van der Waals surface area contributed by atoms with Gasteiger partial charge in [0.25, 0.3) is 5.91 Å². The average molecular weight is 426 g/mol. The number of fused-ring (bicyclic) bond motifs is 1. The van der Waals surface area contributed by atoms with Gasteiger partial charge < -0.3 is 10.1 Å². The van der Waals surface area contributed by atoms with E-state index in [1.54, 1.807) is 25.1 Å². The van der Waals surface area contributed by atoms with E-state index < -0.39 is 11.9 Å². The molecule has 3 rings (SSSR count). The molecule has 2 aromatic rings. The molecule has 0 aliphatic heterocycles. The first-order valence-electron chi connectivity index (χ1n) is 9.10. The number of nitrogens with one attached hydrogen (secondary N) is 1. The van der Waals surface area contributed by atoms with Gasteiger partial charge in [0.1, 0.15) is 5.00 Å². The number of carbonyl (C=O) groups excluding carboxylic acids is 2. The van der Waals surface area contributed by atoms with Gasteiger partial charge in [-0.2, -0.15) is 0 Å². The Bertz CT molecular complexity index is 843. The van der Waals surface area contributed by atoms with Gasteiger partial charge in [-0.25, -0.2) is 4.79 Å². The quantitative estimate of drug-likeness (QED) is 0.598. The number of rotatable bonds is 4. The van der Waals surface area contributed by atoms with Crippen LogP contribution < -0.4 is 5.32 Å². The number of aryl methyl sites for hydroxylation is 1. The molecular weight excluding hydrogens is 405 g/mol. The Hall–Kier alpha value is -1.56. The molecular formula is C20H21Cl2NO3S. The molecule has 0 unspecified atom stereocenters. The largest absolute Gasteiger partial charge is 0.462 e. The maximum Gasteiger partial charge on any atom is 0.341 e. The molecule has 0 atom stereocenters. The summed E-state index contributed by atoms with van der Waals surface area (Å²) in [7, 11) is 0. The van der Waals surface area contributed by atoms with Gasteiger partial charge in [-0.15, -0.1) is 11.3 Å². The molecule has 1 heterocycles. The molecule has 144 valence electrons. The Kier molecular flexibility index (Phi) is 6.79. The summed E-state index contributed by atoms with van der Waals surface area (Å²) in [6, 6.07) is 4.91. The van der Waals surface area contributed by atoms with Crippen LogP contribution >= 0.6 is 34.5 Å². The number of amides is 1.